The minimum atomic E-state index is -0.530. The molecule has 1 aromatic rings. The molecule has 3 nitrogen and oxygen atoms in total. The summed E-state index contributed by atoms with van der Waals surface area (Å²) in [6.07, 6.45) is 0.0297. The maximum absolute atomic E-state index is 8.97. The van der Waals surface area contributed by atoms with Crippen molar-refractivity contribution in [3.8, 4) is 6.07 Å². The zero-order chi connectivity index (χ0) is 11.1. The van der Waals surface area contributed by atoms with E-state index in [0.717, 1.165) is 11.1 Å². The van der Waals surface area contributed by atoms with Crippen molar-refractivity contribution >= 4 is 0 Å². The third-order valence-corrected chi connectivity index (χ3v) is 2.18. The van der Waals surface area contributed by atoms with Crippen LogP contribution in [0.2, 0.25) is 0 Å². The van der Waals surface area contributed by atoms with Crippen LogP contribution in [-0.2, 0) is 4.74 Å². The molecule has 1 atom stereocenters. The molecule has 0 radical (unpaired) electrons. The number of aryl methyl sites for hydroxylation is 1. The zero-order valence-electron chi connectivity index (χ0n) is 8.81. The number of aliphatic hydroxyl groups excluding tert-OH is 1. The van der Waals surface area contributed by atoms with E-state index < -0.39 is 6.10 Å². The minimum absolute atomic E-state index is 0.0892. The molecule has 3 heteroatoms. The smallest absolute Gasteiger partial charge is 0.169 e. The van der Waals surface area contributed by atoms with Crippen molar-refractivity contribution in [1.82, 2.24) is 0 Å². The monoisotopic (exact) mass is 205 g/mol. The predicted molar refractivity (Wildman–Crippen MR) is 57.2 cm³/mol. The first-order valence-electron chi connectivity index (χ1n) is 4.97. The number of nitrogens with zero attached hydrogens (tertiary/aromatic N) is 1. The Hall–Kier alpha value is -1.37. The molecule has 1 rings (SSSR count). The molecule has 0 spiro atoms. The van der Waals surface area contributed by atoms with Crippen molar-refractivity contribution in [2.24, 2.45) is 0 Å². The van der Waals surface area contributed by atoms with Gasteiger partial charge in [0.15, 0.2) is 6.10 Å². The quantitative estimate of drug-likeness (QED) is 0.747. The Kier molecular flexibility index (Phi) is 4.82. The fourth-order valence-corrected chi connectivity index (χ4v) is 1.34. The third-order valence-electron chi connectivity index (χ3n) is 2.18. The molecule has 0 heterocycles. The van der Waals surface area contributed by atoms with Gasteiger partial charge < -0.3 is 9.84 Å². The molecular weight excluding hydrogens is 190 g/mol. The number of nitriles is 1. The molecule has 0 aromatic heterocycles. The summed E-state index contributed by atoms with van der Waals surface area (Å²) in [5.74, 6) is 0. The Morgan fingerprint density at radius 1 is 1.47 bits per heavy atom. The van der Waals surface area contributed by atoms with Crippen molar-refractivity contribution in [2.45, 2.75) is 19.4 Å². The van der Waals surface area contributed by atoms with E-state index in [2.05, 4.69) is 6.07 Å². The normalized spacial score (nSPS) is 12.1. The topological polar surface area (TPSA) is 53.2 Å². The molecule has 0 amide bonds. The van der Waals surface area contributed by atoms with Crippen molar-refractivity contribution in [2.75, 3.05) is 13.2 Å². The first-order chi connectivity index (χ1) is 7.29. The van der Waals surface area contributed by atoms with Gasteiger partial charge in [-0.3, -0.25) is 0 Å². The number of hydrogen-bond donors (Lipinski definition) is 1. The first kappa shape index (κ1) is 11.7. The van der Waals surface area contributed by atoms with Gasteiger partial charge in [0.2, 0.25) is 0 Å². The summed E-state index contributed by atoms with van der Waals surface area (Å²) < 4.78 is 5.38. The molecule has 0 bridgehead atoms. The molecular formula is C12H15NO2. The van der Waals surface area contributed by atoms with Gasteiger partial charge in [-0.05, 0) is 24.5 Å². The van der Waals surface area contributed by atoms with Crippen molar-refractivity contribution in [3.63, 3.8) is 0 Å². The standard InChI is InChI=1S/C12H15NO2/c1-10-5-2-3-6-11(10)12(9-13)15-8-4-7-14/h2-3,5-6,12,14H,4,7-8H2,1H3. The van der Waals surface area contributed by atoms with Gasteiger partial charge in [0.1, 0.15) is 0 Å². The van der Waals surface area contributed by atoms with Crippen LogP contribution in [0.1, 0.15) is 23.7 Å². The molecule has 1 unspecified atom stereocenters. The molecule has 0 aliphatic carbocycles. The fraction of sp³-hybridized carbons (Fsp3) is 0.417. The van der Waals surface area contributed by atoms with E-state index in [0.29, 0.717) is 13.0 Å². The second-order valence-electron chi connectivity index (χ2n) is 3.31. The van der Waals surface area contributed by atoms with Gasteiger partial charge in [0.05, 0.1) is 12.7 Å². The number of hydrogen-bond acceptors (Lipinski definition) is 3. The van der Waals surface area contributed by atoms with Crippen LogP contribution in [0.25, 0.3) is 0 Å². The molecule has 0 saturated carbocycles. The number of rotatable bonds is 5. The van der Waals surface area contributed by atoms with Crippen LogP contribution in [0.15, 0.2) is 24.3 Å². The largest absolute Gasteiger partial charge is 0.396 e. The van der Waals surface area contributed by atoms with Gasteiger partial charge in [-0.25, -0.2) is 0 Å². The van der Waals surface area contributed by atoms with Gasteiger partial charge >= 0.3 is 0 Å². The van der Waals surface area contributed by atoms with Crippen LogP contribution >= 0.6 is 0 Å². The average Bonchev–Trinajstić information content (AvgIpc) is 2.26. The van der Waals surface area contributed by atoms with Crippen LogP contribution in [0, 0.1) is 18.3 Å². The van der Waals surface area contributed by atoms with Gasteiger partial charge in [0, 0.05) is 6.61 Å². The number of aliphatic hydroxyl groups is 1. The summed E-state index contributed by atoms with van der Waals surface area (Å²) in [5.41, 5.74) is 1.95. The highest BCUT2D eigenvalue weighted by molar-refractivity contribution is 5.30. The zero-order valence-corrected chi connectivity index (χ0v) is 8.81. The summed E-state index contributed by atoms with van der Waals surface area (Å²) in [7, 11) is 0. The fourth-order valence-electron chi connectivity index (χ4n) is 1.34. The second-order valence-corrected chi connectivity index (χ2v) is 3.31. The van der Waals surface area contributed by atoms with E-state index in [9.17, 15) is 0 Å². The Morgan fingerprint density at radius 2 is 2.20 bits per heavy atom. The SMILES string of the molecule is Cc1ccccc1C(C#N)OCCCO. The summed E-state index contributed by atoms with van der Waals surface area (Å²) in [5, 5.41) is 17.6. The van der Waals surface area contributed by atoms with E-state index in [1.165, 1.54) is 0 Å². The molecule has 80 valence electrons. The van der Waals surface area contributed by atoms with Gasteiger partial charge in [-0.15, -0.1) is 0 Å². The summed E-state index contributed by atoms with van der Waals surface area (Å²) >= 11 is 0. The molecule has 1 N–H and O–H groups in total. The highest BCUT2D eigenvalue weighted by Crippen LogP contribution is 2.20. The molecule has 1 aromatic carbocycles. The van der Waals surface area contributed by atoms with Gasteiger partial charge in [-0.1, -0.05) is 24.3 Å². The van der Waals surface area contributed by atoms with Crippen LogP contribution in [0.4, 0.5) is 0 Å². The lowest BCUT2D eigenvalue weighted by atomic mass is 10.0. The van der Waals surface area contributed by atoms with E-state index in [4.69, 9.17) is 15.1 Å². The third kappa shape index (κ3) is 3.35. The van der Waals surface area contributed by atoms with Crippen molar-refractivity contribution in [1.29, 1.82) is 5.26 Å². The predicted octanol–water partition coefficient (Wildman–Crippen LogP) is 1.96. The molecule has 0 saturated heterocycles. The Bertz CT molecular complexity index is 344. The number of benzene rings is 1. The van der Waals surface area contributed by atoms with Crippen molar-refractivity contribution < 1.29 is 9.84 Å². The maximum atomic E-state index is 8.97. The second kappa shape index (κ2) is 6.18. The lowest BCUT2D eigenvalue weighted by molar-refractivity contribution is 0.0770. The van der Waals surface area contributed by atoms with Gasteiger partial charge in [0.25, 0.3) is 0 Å². The summed E-state index contributed by atoms with van der Waals surface area (Å²) in [4.78, 5) is 0. The highest BCUT2D eigenvalue weighted by Gasteiger charge is 2.12. The average molecular weight is 205 g/mol. The van der Waals surface area contributed by atoms with Crippen molar-refractivity contribution in [3.05, 3.63) is 35.4 Å². The van der Waals surface area contributed by atoms with E-state index in [-0.39, 0.29) is 6.61 Å². The molecule has 0 fully saturated rings. The lowest BCUT2D eigenvalue weighted by Crippen LogP contribution is -2.06. The Labute approximate surface area is 89.9 Å². The Morgan fingerprint density at radius 3 is 2.80 bits per heavy atom. The summed E-state index contributed by atoms with van der Waals surface area (Å²) in [6, 6.07) is 9.78. The molecule has 0 aliphatic heterocycles. The summed E-state index contributed by atoms with van der Waals surface area (Å²) in [6.45, 7) is 2.45. The first-order valence-corrected chi connectivity index (χ1v) is 4.97. The lowest BCUT2D eigenvalue weighted by Gasteiger charge is -2.12. The Balaban J connectivity index is 2.67. The van der Waals surface area contributed by atoms with E-state index in [1.54, 1.807) is 0 Å². The van der Waals surface area contributed by atoms with Crippen LogP contribution in [0.5, 0.6) is 0 Å². The maximum Gasteiger partial charge on any atom is 0.169 e. The van der Waals surface area contributed by atoms with Crippen LogP contribution < -0.4 is 0 Å². The van der Waals surface area contributed by atoms with Crippen LogP contribution in [0.3, 0.4) is 0 Å². The number of ether oxygens (including phenoxy) is 1. The molecule has 0 aliphatic rings. The van der Waals surface area contributed by atoms with Gasteiger partial charge in [-0.2, -0.15) is 5.26 Å². The highest BCUT2D eigenvalue weighted by atomic mass is 16.5. The van der Waals surface area contributed by atoms with E-state index in [1.807, 2.05) is 31.2 Å². The van der Waals surface area contributed by atoms with E-state index >= 15 is 0 Å². The molecule has 15 heavy (non-hydrogen) atoms. The minimum Gasteiger partial charge on any atom is -0.396 e. The van der Waals surface area contributed by atoms with Crippen LogP contribution in [-0.4, -0.2) is 18.3 Å².